The zero-order valence-electron chi connectivity index (χ0n) is 26.5. The summed E-state index contributed by atoms with van der Waals surface area (Å²) in [6.45, 7) is 4.71. The van der Waals surface area contributed by atoms with Crippen LogP contribution in [0.3, 0.4) is 0 Å². The molecule has 0 saturated carbocycles. The fraction of sp³-hybridized carbons (Fsp3) is 0.375. The largest absolute Gasteiger partial charge is 0.497 e. The van der Waals surface area contributed by atoms with Gasteiger partial charge in [0.05, 0.1) is 39.0 Å². The van der Waals surface area contributed by atoms with Crippen LogP contribution in [0.4, 0.5) is 5.69 Å². The van der Waals surface area contributed by atoms with Gasteiger partial charge in [0.15, 0.2) is 11.5 Å². The van der Waals surface area contributed by atoms with Crippen molar-refractivity contribution in [1.82, 2.24) is 10.2 Å². The zero-order valence-corrected chi connectivity index (χ0v) is 28.1. The van der Waals surface area contributed by atoms with Gasteiger partial charge in [0.1, 0.15) is 24.1 Å². The molecule has 0 radical (unpaired) electrons. The zero-order chi connectivity index (χ0) is 33.3. The Morgan fingerprint density at radius 1 is 0.867 bits per heavy atom. The number of sulfonamides is 1. The van der Waals surface area contributed by atoms with Crippen molar-refractivity contribution >= 4 is 39.1 Å². The number of ether oxygens (including phenoxy) is 4. The van der Waals surface area contributed by atoms with Gasteiger partial charge in [-0.25, -0.2) is 8.42 Å². The lowest BCUT2D eigenvalue weighted by Crippen LogP contribution is -2.52. The van der Waals surface area contributed by atoms with Crippen molar-refractivity contribution in [3.05, 3.63) is 71.2 Å². The van der Waals surface area contributed by atoms with Gasteiger partial charge in [0.25, 0.3) is 10.0 Å². The van der Waals surface area contributed by atoms with Gasteiger partial charge in [0.2, 0.25) is 11.8 Å². The standard InChI is InChI=1S/C32H40ClN3O8S/c1-8-21(2)34-32(38)22(3)35(19-23-10-9-11-24(33)16-23)31(37)20-36(27-17-25(41-4)12-14-28(27)42-5)45(39,40)26-13-15-29(43-6)30(18-26)44-7/h9-18,21-22H,8,19-20H2,1-7H3,(H,34,38)/t21-,22-/m1/s1. The highest BCUT2D eigenvalue weighted by atomic mass is 35.5. The molecule has 3 rings (SSSR count). The molecule has 13 heteroatoms. The minimum absolute atomic E-state index is 0.00597. The Kier molecular flexibility index (Phi) is 12.3. The van der Waals surface area contributed by atoms with E-state index in [1.807, 2.05) is 13.8 Å². The van der Waals surface area contributed by atoms with Gasteiger partial charge in [-0.05, 0) is 62.2 Å². The highest BCUT2D eigenvalue weighted by Gasteiger charge is 2.35. The molecule has 0 aliphatic rings. The fourth-order valence-corrected chi connectivity index (χ4v) is 6.13. The maximum absolute atomic E-state index is 14.4. The van der Waals surface area contributed by atoms with Crippen LogP contribution in [0.25, 0.3) is 0 Å². The van der Waals surface area contributed by atoms with Gasteiger partial charge in [0, 0.05) is 29.7 Å². The first kappa shape index (κ1) is 35.3. The molecule has 0 aliphatic carbocycles. The number of nitrogens with one attached hydrogen (secondary N) is 1. The second kappa shape index (κ2) is 15.7. The molecule has 45 heavy (non-hydrogen) atoms. The summed E-state index contributed by atoms with van der Waals surface area (Å²) in [6.07, 6.45) is 0.688. The molecule has 0 aliphatic heterocycles. The minimum Gasteiger partial charge on any atom is -0.497 e. The number of carbonyl (C=O) groups is 2. The van der Waals surface area contributed by atoms with Crippen molar-refractivity contribution in [2.75, 3.05) is 39.3 Å². The first-order valence-electron chi connectivity index (χ1n) is 14.2. The number of amides is 2. The van der Waals surface area contributed by atoms with Crippen LogP contribution in [0.1, 0.15) is 32.8 Å². The Morgan fingerprint density at radius 3 is 2.13 bits per heavy atom. The smallest absolute Gasteiger partial charge is 0.265 e. The van der Waals surface area contributed by atoms with E-state index in [0.29, 0.717) is 28.5 Å². The van der Waals surface area contributed by atoms with Crippen LogP contribution in [0, 0.1) is 0 Å². The van der Waals surface area contributed by atoms with Crippen molar-refractivity contribution in [2.24, 2.45) is 0 Å². The van der Waals surface area contributed by atoms with Crippen LogP contribution in [-0.2, 0) is 26.2 Å². The third kappa shape index (κ3) is 8.52. The molecule has 3 aromatic rings. The number of nitrogens with zero attached hydrogens (tertiary/aromatic N) is 2. The first-order chi connectivity index (χ1) is 21.4. The molecular weight excluding hydrogens is 622 g/mol. The summed E-state index contributed by atoms with van der Waals surface area (Å²) in [5.41, 5.74) is 0.715. The Bertz CT molecular complexity index is 1600. The highest BCUT2D eigenvalue weighted by Crippen LogP contribution is 2.37. The maximum Gasteiger partial charge on any atom is 0.265 e. The van der Waals surface area contributed by atoms with Crippen molar-refractivity contribution in [3.8, 4) is 23.0 Å². The number of carbonyl (C=O) groups excluding carboxylic acids is 2. The van der Waals surface area contributed by atoms with E-state index in [4.69, 9.17) is 30.5 Å². The fourth-order valence-electron chi connectivity index (χ4n) is 4.49. The Labute approximate surface area is 270 Å². The van der Waals surface area contributed by atoms with Crippen molar-refractivity contribution in [2.45, 2.75) is 50.7 Å². The number of hydrogen-bond acceptors (Lipinski definition) is 8. The number of halogens is 1. The molecule has 3 aromatic carbocycles. The van der Waals surface area contributed by atoms with E-state index in [2.05, 4.69) is 5.32 Å². The van der Waals surface area contributed by atoms with Gasteiger partial charge >= 0.3 is 0 Å². The number of methoxy groups -OCH3 is 4. The second-order valence-electron chi connectivity index (χ2n) is 10.2. The third-order valence-electron chi connectivity index (χ3n) is 7.29. The van der Waals surface area contributed by atoms with Crippen molar-refractivity contribution in [1.29, 1.82) is 0 Å². The molecule has 0 bridgehead atoms. The Morgan fingerprint density at radius 2 is 1.53 bits per heavy atom. The van der Waals surface area contributed by atoms with Gasteiger partial charge in [-0.3, -0.25) is 13.9 Å². The molecule has 2 atom stereocenters. The normalized spacial score (nSPS) is 12.4. The lowest BCUT2D eigenvalue weighted by atomic mass is 10.1. The predicted molar refractivity (Wildman–Crippen MR) is 173 cm³/mol. The summed E-state index contributed by atoms with van der Waals surface area (Å²) >= 11 is 6.22. The van der Waals surface area contributed by atoms with Crippen LogP contribution in [0.15, 0.2) is 65.6 Å². The number of hydrogen-bond donors (Lipinski definition) is 1. The topological polar surface area (TPSA) is 124 Å². The number of anilines is 1. The van der Waals surface area contributed by atoms with E-state index in [0.717, 1.165) is 4.31 Å². The van der Waals surface area contributed by atoms with Crippen molar-refractivity contribution in [3.63, 3.8) is 0 Å². The van der Waals surface area contributed by atoms with E-state index in [1.165, 1.54) is 57.6 Å². The molecule has 0 unspecified atom stereocenters. The number of rotatable bonds is 15. The maximum atomic E-state index is 14.4. The molecule has 1 N–H and O–H groups in total. The average molecular weight is 662 g/mol. The monoisotopic (exact) mass is 661 g/mol. The van der Waals surface area contributed by atoms with E-state index in [-0.39, 0.29) is 40.6 Å². The summed E-state index contributed by atoms with van der Waals surface area (Å²) in [6, 6.07) is 14.5. The quantitative estimate of drug-likeness (QED) is 0.244. The first-order valence-corrected chi connectivity index (χ1v) is 16.0. The van der Waals surface area contributed by atoms with Crippen molar-refractivity contribution < 1.29 is 37.0 Å². The van der Waals surface area contributed by atoms with Crippen LogP contribution in [0.5, 0.6) is 23.0 Å². The van der Waals surface area contributed by atoms with Crippen LogP contribution >= 0.6 is 11.6 Å². The summed E-state index contributed by atoms with van der Waals surface area (Å²) in [7, 11) is 1.20. The third-order valence-corrected chi connectivity index (χ3v) is 9.28. The number of benzene rings is 3. The van der Waals surface area contributed by atoms with E-state index in [1.54, 1.807) is 43.3 Å². The highest BCUT2D eigenvalue weighted by molar-refractivity contribution is 7.92. The summed E-state index contributed by atoms with van der Waals surface area (Å²) < 4.78 is 51.2. The molecule has 244 valence electrons. The lowest BCUT2D eigenvalue weighted by Gasteiger charge is -2.33. The molecule has 0 heterocycles. The molecule has 0 aromatic heterocycles. The van der Waals surface area contributed by atoms with Gasteiger partial charge in [-0.2, -0.15) is 0 Å². The van der Waals surface area contributed by atoms with E-state index < -0.39 is 28.5 Å². The minimum atomic E-state index is -4.45. The van der Waals surface area contributed by atoms with Crippen LogP contribution < -0.4 is 28.6 Å². The van der Waals surface area contributed by atoms with E-state index in [9.17, 15) is 18.0 Å². The second-order valence-corrected chi connectivity index (χ2v) is 12.5. The summed E-state index contributed by atoms with van der Waals surface area (Å²) in [5, 5.41) is 3.36. The Balaban J connectivity index is 2.17. The average Bonchev–Trinajstić information content (AvgIpc) is 3.04. The van der Waals surface area contributed by atoms with E-state index >= 15 is 0 Å². The summed E-state index contributed by atoms with van der Waals surface area (Å²) in [5.74, 6) is -0.00426. The predicted octanol–water partition coefficient (Wildman–Crippen LogP) is 4.90. The van der Waals surface area contributed by atoms with Gasteiger partial charge in [-0.1, -0.05) is 30.7 Å². The molecular formula is C32H40ClN3O8S. The van der Waals surface area contributed by atoms with Crippen LogP contribution in [0.2, 0.25) is 5.02 Å². The molecule has 0 spiro atoms. The Hall–Kier alpha value is -4.16. The van der Waals surface area contributed by atoms with Gasteiger partial charge < -0.3 is 29.2 Å². The molecule has 0 saturated heterocycles. The van der Waals surface area contributed by atoms with Gasteiger partial charge in [-0.15, -0.1) is 0 Å². The van der Waals surface area contributed by atoms with Crippen LogP contribution in [-0.4, -0.2) is 72.2 Å². The molecule has 2 amide bonds. The summed E-state index contributed by atoms with van der Waals surface area (Å²) in [4.78, 5) is 28.7. The molecule has 11 nitrogen and oxygen atoms in total. The molecule has 0 fully saturated rings. The lowest BCUT2D eigenvalue weighted by molar-refractivity contribution is -0.139. The SMILES string of the molecule is CC[C@@H](C)NC(=O)[C@@H](C)N(Cc1cccc(Cl)c1)C(=O)CN(c1cc(OC)ccc1OC)S(=O)(=O)c1ccc(OC)c(OC)c1.